The number of hydrogen-bond acceptors (Lipinski definition) is 2. The second-order valence-corrected chi connectivity index (χ2v) is 5.05. The molecule has 0 N–H and O–H groups in total. The van der Waals surface area contributed by atoms with Crippen LogP contribution >= 0.6 is 0 Å². The van der Waals surface area contributed by atoms with Gasteiger partial charge < -0.3 is 4.74 Å². The summed E-state index contributed by atoms with van der Waals surface area (Å²) in [7, 11) is 0. The number of benzene rings is 1. The van der Waals surface area contributed by atoms with Crippen LogP contribution in [0.25, 0.3) is 0 Å². The molecule has 3 rings (SSSR count). The molecule has 0 heterocycles. The molecule has 0 aromatic heterocycles. The van der Waals surface area contributed by atoms with Crippen molar-refractivity contribution in [2.75, 3.05) is 0 Å². The van der Waals surface area contributed by atoms with Crippen molar-refractivity contribution in [3.05, 3.63) is 35.9 Å². The first-order valence-electron chi connectivity index (χ1n) is 6.02. The SMILES string of the molecule is O=COC1(c2ccccc2)CC2CCC1C2. The van der Waals surface area contributed by atoms with Gasteiger partial charge >= 0.3 is 0 Å². The predicted octanol–water partition coefficient (Wildman–Crippen LogP) is 2.87. The van der Waals surface area contributed by atoms with E-state index >= 15 is 0 Å². The van der Waals surface area contributed by atoms with Crippen LogP contribution in [0.5, 0.6) is 0 Å². The summed E-state index contributed by atoms with van der Waals surface area (Å²) >= 11 is 0. The highest BCUT2D eigenvalue weighted by Gasteiger charge is 2.53. The molecule has 3 atom stereocenters. The second-order valence-electron chi connectivity index (χ2n) is 5.05. The van der Waals surface area contributed by atoms with Crippen LogP contribution in [0, 0.1) is 11.8 Å². The lowest BCUT2D eigenvalue weighted by atomic mass is 9.79. The summed E-state index contributed by atoms with van der Waals surface area (Å²) < 4.78 is 5.53. The molecule has 2 aliphatic rings. The summed E-state index contributed by atoms with van der Waals surface area (Å²) in [5.41, 5.74) is 0.862. The Hall–Kier alpha value is -1.31. The third-order valence-corrected chi connectivity index (χ3v) is 4.31. The summed E-state index contributed by atoms with van der Waals surface area (Å²) in [6.07, 6.45) is 4.75. The molecule has 2 fully saturated rings. The van der Waals surface area contributed by atoms with Crippen LogP contribution in [0.1, 0.15) is 31.2 Å². The van der Waals surface area contributed by atoms with Crippen molar-refractivity contribution in [3.8, 4) is 0 Å². The predicted molar refractivity (Wildman–Crippen MR) is 60.7 cm³/mol. The number of fused-ring (bicyclic) bond motifs is 2. The molecule has 1 aromatic rings. The lowest BCUT2D eigenvalue weighted by Gasteiger charge is -2.36. The summed E-state index contributed by atoms with van der Waals surface area (Å²) in [6.45, 7) is 0.633. The van der Waals surface area contributed by atoms with E-state index in [-0.39, 0.29) is 5.60 Å². The molecule has 2 bridgehead atoms. The Balaban J connectivity index is 2.01. The van der Waals surface area contributed by atoms with Gasteiger partial charge in [-0.1, -0.05) is 30.3 Å². The maximum Gasteiger partial charge on any atom is 0.293 e. The molecule has 2 aliphatic carbocycles. The Morgan fingerprint density at radius 2 is 2.06 bits per heavy atom. The van der Waals surface area contributed by atoms with Gasteiger partial charge in [0.2, 0.25) is 0 Å². The number of ether oxygens (including phenoxy) is 1. The molecular weight excluding hydrogens is 200 g/mol. The van der Waals surface area contributed by atoms with Crippen LogP contribution in [0.3, 0.4) is 0 Å². The topological polar surface area (TPSA) is 26.3 Å². The summed E-state index contributed by atoms with van der Waals surface area (Å²) in [5, 5.41) is 0. The Morgan fingerprint density at radius 1 is 1.25 bits per heavy atom. The van der Waals surface area contributed by atoms with E-state index in [4.69, 9.17) is 4.74 Å². The van der Waals surface area contributed by atoms with Crippen molar-refractivity contribution in [3.63, 3.8) is 0 Å². The zero-order valence-corrected chi connectivity index (χ0v) is 9.26. The lowest BCUT2D eigenvalue weighted by Crippen LogP contribution is -2.35. The first kappa shape index (κ1) is 9.88. The van der Waals surface area contributed by atoms with Gasteiger partial charge in [0.25, 0.3) is 6.47 Å². The molecule has 1 aromatic carbocycles. The van der Waals surface area contributed by atoms with E-state index in [0.717, 1.165) is 12.3 Å². The van der Waals surface area contributed by atoms with Crippen LogP contribution in [-0.2, 0) is 15.1 Å². The van der Waals surface area contributed by atoms with Crippen molar-refractivity contribution in [2.24, 2.45) is 11.8 Å². The highest BCUT2D eigenvalue weighted by Crippen LogP contribution is 2.57. The van der Waals surface area contributed by atoms with Crippen LogP contribution in [0.2, 0.25) is 0 Å². The molecular formula is C14H16O2. The normalized spacial score (nSPS) is 36.2. The van der Waals surface area contributed by atoms with Gasteiger partial charge in [-0.3, -0.25) is 4.79 Å². The van der Waals surface area contributed by atoms with E-state index in [2.05, 4.69) is 12.1 Å². The Morgan fingerprint density at radius 3 is 2.62 bits per heavy atom. The first-order chi connectivity index (χ1) is 7.85. The van der Waals surface area contributed by atoms with Crippen molar-refractivity contribution >= 4 is 6.47 Å². The fourth-order valence-corrected chi connectivity index (χ4v) is 3.65. The summed E-state index contributed by atoms with van der Waals surface area (Å²) in [6, 6.07) is 10.2. The zero-order valence-electron chi connectivity index (χ0n) is 9.26. The zero-order chi connectivity index (χ0) is 11.0. The molecule has 16 heavy (non-hydrogen) atoms. The van der Waals surface area contributed by atoms with E-state index < -0.39 is 0 Å². The number of carbonyl (C=O) groups is 1. The lowest BCUT2D eigenvalue weighted by molar-refractivity contribution is -0.151. The van der Waals surface area contributed by atoms with Gasteiger partial charge in [-0.2, -0.15) is 0 Å². The van der Waals surface area contributed by atoms with E-state index in [9.17, 15) is 4.79 Å². The number of carbonyl (C=O) groups excluding carboxylic acids is 1. The Kier molecular flexibility index (Phi) is 2.23. The van der Waals surface area contributed by atoms with Crippen molar-refractivity contribution < 1.29 is 9.53 Å². The summed E-state index contributed by atoms with van der Waals surface area (Å²) in [5.74, 6) is 1.29. The average Bonchev–Trinajstić information content (AvgIpc) is 2.91. The van der Waals surface area contributed by atoms with Crippen LogP contribution in [0.15, 0.2) is 30.3 Å². The maximum absolute atomic E-state index is 10.8. The smallest absolute Gasteiger partial charge is 0.293 e. The minimum atomic E-state index is -0.314. The minimum Gasteiger partial charge on any atom is -0.456 e. The van der Waals surface area contributed by atoms with Crippen molar-refractivity contribution in [1.82, 2.24) is 0 Å². The van der Waals surface area contributed by atoms with Gasteiger partial charge in [0.05, 0.1) is 0 Å². The summed E-state index contributed by atoms with van der Waals surface area (Å²) in [4.78, 5) is 10.8. The minimum absolute atomic E-state index is 0.314. The second kappa shape index (κ2) is 3.62. The van der Waals surface area contributed by atoms with Crippen LogP contribution in [0.4, 0.5) is 0 Å². The highest BCUT2D eigenvalue weighted by molar-refractivity contribution is 5.41. The third-order valence-electron chi connectivity index (χ3n) is 4.31. The van der Waals surface area contributed by atoms with Gasteiger partial charge in [0.15, 0.2) is 0 Å². The molecule has 0 aliphatic heterocycles. The van der Waals surface area contributed by atoms with Gasteiger partial charge in [-0.15, -0.1) is 0 Å². The molecule has 0 radical (unpaired) electrons. The van der Waals surface area contributed by atoms with E-state index in [0.29, 0.717) is 12.4 Å². The maximum atomic E-state index is 10.8. The van der Waals surface area contributed by atoms with Crippen molar-refractivity contribution in [1.29, 1.82) is 0 Å². The van der Waals surface area contributed by atoms with Crippen LogP contribution in [-0.4, -0.2) is 6.47 Å². The first-order valence-corrected chi connectivity index (χ1v) is 6.02. The molecule has 0 saturated heterocycles. The van der Waals surface area contributed by atoms with E-state index in [1.807, 2.05) is 18.2 Å². The number of hydrogen-bond donors (Lipinski definition) is 0. The Bertz CT molecular complexity index is 387. The Labute approximate surface area is 95.6 Å². The molecule has 3 unspecified atom stereocenters. The quantitative estimate of drug-likeness (QED) is 0.726. The third kappa shape index (κ3) is 1.29. The van der Waals surface area contributed by atoms with Gasteiger partial charge in [-0.05, 0) is 37.2 Å². The van der Waals surface area contributed by atoms with E-state index in [1.54, 1.807) is 0 Å². The molecule has 2 saturated carbocycles. The number of rotatable bonds is 3. The van der Waals surface area contributed by atoms with Gasteiger partial charge in [0, 0.05) is 5.92 Å². The molecule has 2 nitrogen and oxygen atoms in total. The highest BCUT2D eigenvalue weighted by atomic mass is 16.5. The molecule has 0 amide bonds. The fraction of sp³-hybridized carbons (Fsp3) is 0.500. The largest absolute Gasteiger partial charge is 0.456 e. The molecule has 0 spiro atoms. The molecule has 84 valence electrons. The monoisotopic (exact) mass is 216 g/mol. The van der Waals surface area contributed by atoms with Gasteiger partial charge in [0.1, 0.15) is 5.60 Å². The van der Waals surface area contributed by atoms with Crippen LogP contribution < -0.4 is 0 Å². The van der Waals surface area contributed by atoms with Crippen molar-refractivity contribution in [2.45, 2.75) is 31.3 Å². The fourth-order valence-electron chi connectivity index (χ4n) is 3.65. The average molecular weight is 216 g/mol. The standard InChI is InChI=1S/C14H16O2/c15-10-16-14(12-4-2-1-3-5-12)9-11-6-7-13(14)8-11/h1-5,10-11,13H,6-9H2. The van der Waals surface area contributed by atoms with E-state index in [1.165, 1.54) is 24.8 Å². The molecule has 2 heteroatoms. The van der Waals surface area contributed by atoms with Gasteiger partial charge in [-0.25, -0.2) is 0 Å².